The van der Waals surface area contributed by atoms with Gasteiger partial charge in [0.05, 0.1) is 11.8 Å². The van der Waals surface area contributed by atoms with Crippen LogP contribution in [0.4, 0.5) is 24.7 Å². The molecule has 0 fully saturated rings. The van der Waals surface area contributed by atoms with Crippen LogP contribution < -0.4 is 10.2 Å². The summed E-state index contributed by atoms with van der Waals surface area (Å²) in [6.07, 6.45) is -0.913. The van der Waals surface area contributed by atoms with E-state index in [1.54, 1.807) is 10.9 Å². The van der Waals surface area contributed by atoms with Gasteiger partial charge in [-0.1, -0.05) is 6.08 Å². The Morgan fingerprint density at radius 1 is 1.27 bits per heavy atom. The van der Waals surface area contributed by atoms with Crippen LogP contribution >= 0.6 is 0 Å². The van der Waals surface area contributed by atoms with Gasteiger partial charge in [-0.2, -0.15) is 18.3 Å². The fourth-order valence-electron chi connectivity index (χ4n) is 3.01. The molecule has 1 aliphatic rings. The van der Waals surface area contributed by atoms with Crippen molar-refractivity contribution in [1.29, 1.82) is 0 Å². The number of anilines is 2. The van der Waals surface area contributed by atoms with Gasteiger partial charge in [0.2, 0.25) is 5.91 Å². The van der Waals surface area contributed by atoms with E-state index in [0.29, 0.717) is 25.3 Å². The van der Waals surface area contributed by atoms with Gasteiger partial charge in [-0.15, -0.1) is 6.58 Å². The second kappa shape index (κ2) is 7.23. The van der Waals surface area contributed by atoms with Crippen molar-refractivity contribution in [3.8, 4) is 0 Å². The van der Waals surface area contributed by atoms with Gasteiger partial charge in [0.1, 0.15) is 5.82 Å². The van der Waals surface area contributed by atoms with Crippen LogP contribution in [0.3, 0.4) is 0 Å². The first-order valence-corrected chi connectivity index (χ1v) is 8.22. The summed E-state index contributed by atoms with van der Waals surface area (Å²) in [4.78, 5) is 13.6. The number of carbonyl (C=O) groups excluding carboxylic acids is 1. The SMILES string of the molecule is C=CCC(=O)NC[C@@H]1CN(c2ccc(C(F)(F)F)cc2)c2ccnn2C1. The van der Waals surface area contributed by atoms with Crippen molar-refractivity contribution in [2.45, 2.75) is 19.1 Å². The molecule has 0 spiro atoms. The highest BCUT2D eigenvalue weighted by atomic mass is 19.4. The molecule has 0 saturated heterocycles. The van der Waals surface area contributed by atoms with E-state index in [2.05, 4.69) is 17.0 Å². The first kappa shape index (κ1) is 18.0. The number of benzene rings is 1. The van der Waals surface area contributed by atoms with Crippen molar-refractivity contribution in [3.63, 3.8) is 0 Å². The number of carbonyl (C=O) groups is 1. The van der Waals surface area contributed by atoms with Crippen LogP contribution in [0.15, 0.2) is 49.2 Å². The fourth-order valence-corrected chi connectivity index (χ4v) is 3.01. The van der Waals surface area contributed by atoms with Crippen LogP contribution in [0.1, 0.15) is 12.0 Å². The number of alkyl halides is 3. The molecule has 1 aromatic carbocycles. The summed E-state index contributed by atoms with van der Waals surface area (Å²) in [5, 5.41) is 7.12. The average Bonchev–Trinajstić information content (AvgIpc) is 3.07. The third-order valence-electron chi connectivity index (χ3n) is 4.27. The maximum absolute atomic E-state index is 12.8. The summed E-state index contributed by atoms with van der Waals surface area (Å²) in [5.74, 6) is 0.796. The summed E-state index contributed by atoms with van der Waals surface area (Å²) < 4.78 is 40.1. The third kappa shape index (κ3) is 3.89. The minimum absolute atomic E-state index is 0.0819. The zero-order valence-corrected chi connectivity index (χ0v) is 14.0. The summed E-state index contributed by atoms with van der Waals surface area (Å²) in [6, 6.07) is 6.89. The number of aromatic nitrogens is 2. The topological polar surface area (TPSA) is 50.2 Å². The number of nitrogens with zero attached hydrogens (tertiary/aromatic N) is 3. The number of halogens is 3. The van der Waals surface area contributed by atoms with E-state index >= 15 is 0 Å². The van der Waals surface area contributed by atoms with Crippen molar-refractivity contribution in [1.82, 2.24) is 15.1 Å². The molecule has 1 aromatic heterocycles. The maximum Gasteiger partial charge on any atom is 0.416 e. The lowest BCUT2D eigenvalue weighted by molar-refractivity contribution is -0.137. The lowest BCUT2D eigenvalue weighted by atomic mass is 10.1. The van der Waals surface area contributed by atoms with Gasteiger partial charge >= 0.3 is 6.18 Å². The zero-order valence-electron chi connectivity index (χ0n) is 14.0. The molecule has 8 heteroatoms. The first-order valence-electron chi connectivity index (χ1n) is 8.22. The minimum Gasteiger partial charge on any atom is -0.355 e. The summed E-state index contributed by atoms with van der Waals surface area (Å²) in [7, 11) is 0. The molecule has 1 atom stereocenters. The van der Waals surface area contributed by atoms with E-state index in [9.17, 15) is 18.0 Å². The van der Waals surface area contributed by atoms with Gasteiger partial charge in [0.25, 0.3) is 0 Å². The summed E-state index contributed by atoms with van der Waals surface area (Å²) in [6.45, 7) is 5.20. The Morgan fingerprint density at radius 2 is 2.00 bits per heavy atom. The fraction of sp³-hybridized carbons (Fsp3) is 0.333. The number of nitrogens with one attached hydrogen (secondary N) is 1. The average molecular weight is 364 g/mol. The van der Waals surface area contributed by atoms with Gasteiger partial charge in [0, 0.05) is 43.7 Å². The Labute approximate surface area is 149 Å². The van der Waals surface area contributed by atoms with Crippen molar-refractivity contribution >= 4 is 17.4 Å². The molecule has 3 rings (SSSR count). The van der Waals surface area contributed by atoms with Crippen LogP contribution in [0.5, 0.6) is 0 Å². The van der Waals surface area contributed by atoms with Crippen molar-refractivity contribution < 1.29 is 18.0 Å². The normalized spacial score (nSPS) is 16.9. The largest absolute Gasteiger partial charge is 0.416 e. The Kier molecular flexibility index (Phi) is 5.01. The summed E-state index contributed by atoms with van der Waals surface area (Å²) in [5.41, 5.74) is -0.0260. The van der Waals surface area contributed by atoms with Crippen molar-refractivity contribution in [3.05, 3.63) is 54.7 Å². The van der Waals surface area contributed by atoms with E-state index in [1.165, 1.54) is 18.2 Å². The quantitative estimate of drug-likeness (QED) is 0.828. The van der Waals surface area contributed by atoms with Crippen LogP contribution in [0.2, 0.25) is 0 Å². The number of hydrogen-bond donors (Lipinski definition) is 1. The van der Waals surface area contributed by atoms with Gasteiger partial charge in [0.15, 0.2) is 0 Å². The highest BCUT2D eigenvalue weighted by Crippen LogP contribution is 2.34. The Bertz CT molecular complexity index is 782. The third-order valence-corrected chi connectivity index (χ3v) is 4.27. The van der Waals surface area contributed by atoms with E-state index in [-0.39, 0.29) is 18.2 Å². The zero-order chi connectivity index (χ0) is 18.7. The number of rotatable bonds is 5. The number of hydrogen-bond acceptors (Lipinski definition) is 3. The highest BCUT2D eigenvalue weighted by Gasteiger charge is 2.31. The minimum atomic E-state index is -4.36. The molecule has 2 aromatic rings. The van der Waals surface area contributed by atoms with E-state index in [1.807, 2.05) is 11.0 Å². The van der Waals surface area contributed by atoms with Gasteiger partial charge in [-0.05, 0) is 24.3 Å². The molecule has 1 N–H and O–H groups in total. The molecule has 0 saturated carbocycles. The molecule has 0 unspecified atom stereocenters. The van der Waals surface area contributed by atoms with Gasteiger partial charge in [-0.25, -0.2) is 4.68 Å². The Morgan fingerprint density at radius 3 is 2.65 bits per heavy atom. The lowest BCUT2D eigenvalue weighted by Gasteiger charge is -2.35. The smallest absolute Gasteiger partial charge is 0.355 e. The highest BCUT2D eigenvalue weighted by molar-refractivity contribution is 5.77. The van der Waals surface area contributed by atoms with Crippen LogP contribution in [-0.4, -0.2) is 28.8 Å². The predicted octanol–water partition coefficient (Wildman–Crippen LogP) is 3.36. The van der Waals surface area contributed by atoms with Crippen LogP contribution in [0, 0.1) is 5.92 Å². The first-order chi connectivity index (χ1) is 12.4. The van der Waals surface area contributed by atoms with Crippen molar-refractivity contribution in [2.24, 2.45) is 5.92 Å². The van der Waals surface area contributed by atoms with Gasteiger partial charge < -0.3 is 10.2 Å². The second-order valence-corrected chi connectivity index (χ2v) is 6.19. The van der Waals surface area contributed by atoms with Gasteiger partial charge in [-0.3, -0.25) is 4.79 Å². The monoisotopic (exact) mass is 364 g/mol. The molecule has 138 valence electrons. The molecule has 26 heavy (non-hydrogen) atoms. The van der Waals surface area contributed by atoms with Crippen LogP contribution in [0.25, 0.3) is 0 Å². The molecule has 1 aliphatic heterocycles. The molecule has 0 radical (unpaired) electrons. The van der Waals surface area contributed by atoms with E-state index in [0.717, 1.165) is 18.0 Å². The molecule has 5 nitrogen and oxygen atoms in total. The molecule has 2 heterocycles. The maximum atomic E-state index is 12.8. The lowest BCUT2D eigenvalue weighted by Crippen LogP contribution is -2.41. The van der Waals surface area contributed by atoms with E-state index in [4.69, 9.17) is 0 Å². The Balaban J connectivity index is 1.78. The second-order valence-electron chi connectivity index (χ2n) is 6.19. The standard InChI is InChI=1S/C18H19F3N4O/c1-2-3-16(26)22-10-13-11-24(17-8-9-23-25(17)12-13)15-6-4-14(5-7-15)18(19,20)21/h2,4-9,13H,1,3,10-12H2,(H,22,26)/t13-/m1/s1. The van der Waals surface area contributed by atoms with Crippen molar-refractivity contribution in [2.75, 3.05) is 18.0 Å². The van der Waals surface area contributed by atoms with Crippen LogP contribution in [-0.2, 0) is 17.5 Å². The number of amides is 1. The molecule has 0 bridgehead atoms. The molecular formula is C18H19F3N4O. The summed E-state index contributed by atoms with van der Waals surface area (Å²) >= 11 is 0. The molecule has 0 aliphatic carbocycles. The molecule has 1 amide bonds. The van der Waals surface area contributed by atoms with E-state index < -0.39 is 11.7 Å². The molecular weight excluding hydrogens is 345 g/mol. The number of fused-ring (bicyclic) bond motifs is 1. The Hall–Kier alpha value is -2.77. The predicted molar refractivity (Wildman–Crippen MR) is 92.0 cm³/mol.